The first-order valence-corrected chi connectivity index (χ1v) is 11.5. The molecular weight excluding hydrogens is 470 g/mol. The van der Waals surface area contributed by atoms with Crippen molar-refractivity contribution in [2.75, 3.05) is 35.3 Å². The van der Waals surface area contributed by atoms with Crippen molar-refractivity contribution in [3.05, 3.63) is 39.7 Å². The van der Waals surface area contributed by atoms with Gasteiger partial charge < -0.3 is 35.8 Å². The quantitative estimate of drug-likeness (QED) is 0.346. The van der Waals surface area contributed by atoms with Crippen LogP contribution in [0.3, 0.4) is 0 Å². The van der Waals surface area contributed by atoms with E-state index in [-0.39, 0.29) is 29.7 Å². The first-order valence-electron chi connectivity index (χ1n) is 11.5. The van der Waals surface area contributed by atoms with Gasteiger partial charge in [0.15, 0.2) is 11.4 Å². The molecule has 11 heteroatoms. The van der Waals surface area contributed by atoms with Crippen molar-refractivity contribution in [3.8, 4) is 11.5 Å². The average Bonchev–Trinajstić information content (AvgIpc) is 2.75. The number of benzene rings is 1. The minimum absolute atomic E-state index is 0.00523. The predicted octanol–water partition coefficient (Wildman–Crippen LogP) is 0.0342. The van der Waals surface area contributed by atoms with Gasteiger partial charge in [-0.15, -0.1) is 0 Å². The number of fused-ring (bicyclic) bond motifs is 3. The van der Waals surface area contributed by atoms with Crippen molar-refractivity contribution in [2.45, 2.75) is 31.0 Å². The lowest BCUT2D eigenvalue weighted by Crippen LogP contribution is -2.65. The van der Waals surface area contributed by atoms with Gasteiger partial charge in [-0.2, -0.15) is 0 Å². The number of phenolic OH excluding ortho intramolecular Hbond substituents is 1. The second-order valence-electron chi connectivity index (χ2n) is 10.1. The lowest BCUT2D eigenvalue weighted by atomic mass is 9.57. The molecule has 4 atom stereocenters. The molecule has 0 saturated heterocycles. The van der Waals surface area contributed by atoms with E-state index in [2.05, 4.69) is 0 Å². The Morgan fingerprint density at radius 1 is 1.19 bits per heavy atom. The Morgan fingerprint density at radius 3 is 2.36 bits per heavy atom. The van der Waals surface area contributed by atoms with Crippen LogP contribution >= 0.6 is 0 Å². The van der Waals surface area contributed by atoms with Crippen LogP contribution in [0, 0.1) is 11.8 Å². The third kappa shape index (κ3) is 3.41. The number of methoxy groups -OCH3 is 1. The summed E-state index contributed by atoms with van der Waals surface area (Å²) in [5.74, 6) is -6.35. The number of nitrogens with two attached hydrogens (primary N) is 1. The van der Waals surface area contributed by atoms with Crippen molar-refractivity contribution in [2.24, 2.45) is 17.6 Å². The molecule has 11 nitrogen and oxygen atoms in total. The monoisotopic (exact) mass is 501 g/mol. The van der Waals surface area contributed by atoms with Gasteiger partial charge in [-0.1, -0.05) is 0 Å². The zero-order chi connectivity index (χ0) is 26.9. The molecule has 0 spiro atoms. The fourth-order valence-corrected chi connectivity index (χ4v) is 6.07. The predicted molar refractivity (Wildman–Crippen MR) is 128 cm³/mol. The molecule has 1 aromatic rings. The summed E-state index contributed by atoms with van der Waals surface area (Å²) in [6.07, 6.45) is 0.195. The van der Waals surface area contributed by atoms with Crippen molar-refractivity contribution < 1.29 is 39.5 Å². The van der Waals surface area contributed by atoms with Crippen molar-refractivity contribution in [1.82, 2.24) is 9.80 Å². The molecule has 0 bridgehead atoms. The van der Waals surface area contributed by atoms with Crippen LogP contribution in [-0.4, -0.2) is 94.6 Å². The van der Waals surface area contributed by atoms with Crippen LogP contribution in [0.25, 0.3) is 5.76 Å². The summed E-state index contributed by atoms with van der Waals surface area (Å²) in [7, 11) is 8.30. The first-order chi connectivity index (χ1) is 16.8. The number of ether oxygens (including phenoxy) is 1. The number of phenols is 1. The third-order valence-electron chi connectivity index (χ3n) is 7.44. The van der Waals surface area contributed by atoms with Gasteiger partial charge in [-0.3, -0.25) is 19.3 Å². The Balaban J connectivity index is 1.97. The molecule has 36 heavy (non-hydrogen) atoms. The number of aromatic hydroxyl groups is 1. The SMILES string of the molecule is COc1c(CN(C)C)cc(O)c2c1C[C@H]1C[C@H]3[C@H](N(C)C)C(=O)C(C(N)=O)=C(O)[C@@]3(O)C(=O)C1=C2O. The number of rotatable bonds is 5. The number of hydrogen-bond acceptors (Lipinski definition) is 10. The highest BCUT2D eigenvalue weighted by atomic mass is 16.5. The number of Topliss-reactive ketones (excluding diaryl/α,β-unsaturated/α-hetero) is 2. The van der Waals surface area contributed by atoms with E-state index in [0.29, 0.717) is 23.4 Å². The van der Waals surface area contributed by atoms with E-state index in [9.17, 15) is 34.8 Å². The van der Waals surface area contributed by atoms with Gasteiger partial charge in [-0.05, 0) is 53.0 Å². The molecule has 0 aromatic heterocycles. The minimum atomic E-state index is -2.66. The van der Waals surface area contributed by atoms with E-state index in [4.69, 9.17) is 10.5 Å². The number of aliphatic hydroxyl groups is 3. The van der Waals surface area contributed by atoms with Gasteiger partial charge in [0.1, 0.15) is 28.6 Å². The average molecular weight is 502 g/mol. The van der Waals surface area contributed by atoms with E-state index in [1.54, 1.807) is 14.1 Å². The van der Waals surface area contributed by atoms with Gasteiger partial charge in [0, 0.05) is 29.2 Å². The van der Waals surface area contributed by atoms with Crippen molar-refractivity contribution in [1.29, 1.82) is 0 Å². The van der Waals surface area contributed by atoms with Gasteiger partial charge in [-0.25, -0.2) is 0 Å². The molecule has 0 aliphatic heterocycles. The number of primary amides is 1. The molecule has 0 unspecified atom stereocenters. The number of amides is 1. The number of likely N-dealkylation sites (N-methyl/N-ethyl adjacent to an activating group) is 1. The Morgan fingerprint density at radius 2 is 1.83 bits per heavy atom. The number of hydrogen-bond donors (Lipinski definition) is 5. The van der Waals surface area contributed by atoms with E-state index >= 15 is 0 Å². The topological polar surface area (TPSA) is 174 Å². The van der Waals surface area contributed by atoms with Crippen molar-refractivity contribution in [3.63, 3.8) is 0 Å². The van der Waals surface area contributed by atoms with Crippen LogP contribution in [0.2, 0.25) is 0 Å². The largest absolute Gasteiger partial charge is 0.508 e. The summed E-state index contributed by atoms with van der Waals surface area (Å²) >= 11 is 0. The molecule has 1 fully saturated rings. The van der Waals surface area contributed by atoms with Crippen LogP contribution < -0.4 is 10.5 Å². The van der Waals surface area contributed by atoms with Crippen LogP contribution in [-0.2, 0) is 27.3 Å². The molecular formula is C25H31N3O8. The second-order valence-corrected chi connectivity index (χ2v) is 10.1. The summed E-state index contributed by atoms with van der Waals surface area (Å²) in [6.45, 7) is 0.444. The normalized spacial score (nSPS) is 27.8. The fraction of sp³-hybridized carbons (Fsp3) is 0.480. The molecule has 194 valence electrons. The Kier molecular flexibility index (Phi) is 6.14. The zero-order valence-electron chi connectivity index (χ0n) is 20.8. The van der Waals surface area contributed by atoms with Gasteiger partial charge in [0.05, 0.1) is 18.7 Å². The zero-order valence-corrected chi connectivity index (χ0v) is 20.8. The number of carbonyl (C=O) groups excluding carboxylic acids is 3. The lowest BCUT2D eigenvalue weighted by molar-refractivity contribution is -0.153. The summed E-state index contributed by atoms with van der Waals surface area (Å²) in [4.78, 5) is 42.3. The van der Waals surface area contributed by atoms with E-state index in [1.165, 1.54) is 18.1 Å². The smallest absolute Gasteiger partial charge is 0.255 e. The van der Waals surface area contributed by atoms with Gasteiger partial charge in [0.2, 0.25) is 5.78 Å². The summed E-state index contributed by atoms with van der Waals surface area (Å²) in [5.41, 5.74) is 2.82. The molecule has 6 N–H and O–H groups in total. The van der Waals surface area contributed by atoms with Crippen LogP contribution in [0.5, 0.6) is 11.5 Å². The summed E-state index contributed by atoms with van der Waals surface area (Å²) in [6, 6.07) is 0.321. The molecule has 1 aromatic carbocycles. The molecule has 3 aliphatic rings. The van der Waals surface area contributed by atoms with Crippen LogP contribution in [0.4, 0.5) is 0 Å². The third-order valence-corrected chi connectivity index (χ3v) is 7.44. The Hall–Kier alpha value is -3.41. The van der Waals surface area contributed by atoms with Gasteiger partial charge in [0.25, 0.3) is 5.91 Å². The van der Waals surface area contributed by atoms with E-state index < -0.39 is 58.0 Å². The molecule has 3 aliphatic carbocycles. The molecule has 1 saturated carbocycles. The highest BCUT2D eigenvalue weighted by Crippen LogP contribution is 2.54. The van der Waals surface area contributed by atoms with E-state index in [1.807, 2.05) is 19.0 Å². The van der Waals surface area contributed by atoms with E-state index in [0.717, 1.165) is 0 Å². The van der Waals surface area contributed by atoms with Crippen LogP contribution in [0.15, 0.2) is 23.0 Å². The summed E-state index contributed by atoms with van der Waals surface area (Å²) < 4.78 is 5.65. The summed E-state index contributed by atoms with van der Waals surface area (Å²) in [5, 5.41) is 44.5. The maximum absolute atomic E-state index is 13.8. The number of aliphatic hydroxyl groups excluding tert-OH is 2. The highest BCUT2D eigenvalue weighted by Gasteiger charge is 2.64. The highest BCUT2D eigenvalue weighted by molar-refractivity contribution is 6.24. The van der Waals surface area contributed by atoms with Crippen molar-refractivity contribution >= 4 is 23.2 Å². The molecule has 4 rings (SSSR count). The number of nitrogens with zero attached hydrogens (tertiary/aromatic N) is 2. The first kappa shape index (κ1) is 25.7. The Labute approximate surface area is 208 Å². The Bertz CT molecular complexity index is 1250. The number of carbonyl (C=O) groups is 3. The standard InChI is InChI=1S/C25H31N3O8/c1-27(2)9-11-8-14(29)16-12(21(11)36-5)6-10-7-13-18(28(3)4)20(31)17(24(26)34)23(33)25(13,35)22(32)15(10)19(16)30/h8,10,13,18,29-30,33,35H,6-7,9H2,1-5H3,(H2,26,34)/t10-,13-,18-,25-/m0/s1. The van der Waals surface area contributed by atoms with Gasteiger partial charge >= 0.3 is 0 Å². The molecule has 0 radical (unpaired) electrons. The fourth-order valence-electron chi connectivity index (χ4n) is 6.07. The second kappa shape index (κ2) is 8.61. The maximum Gasteiger partial charge on any atom is 0.255 e. The van der Waals surface area contributed by atoms with Crippen LogP contribution in [0.1, 0.15) is 23.1 Å². The molecule has 0 heterocycles. The maximum atomic E-state index is 13.8. The number of ketones is 2. The lowest BCUT2D eigenvalue weighted by Gasteiger charge is -2.50. The molecule has 1 amide bonds. The minimum Gasteiger partial charge on any atom is -0.508 e.